The van der Waals surface area contributed by atoms with Gasteiger partial charge in [-0.1, -0.05) is 0 Å². The van der Waals surface area contributed by atoms with Crippen molar-refractivity contribution in [3.63, 3.8) is 0 Å². The highest BCUT2D eigenvalue weighted by atomic mass is 16.7. The van der Waals surface area contributed by atoms with Gasteiger partial charge in [-0.25, -0.2) is 9.69 Å². The van der Waals surface area contributed by atoms with Crippen LogP contribution < -0.4 is 9.64 Å². The Morgan fingerprint density at radius 2 is 1.83 bits per heavy atom. The van der Waals surface area contributed by atoms with E-state index in [1.54, 1.807) is 20.8 Å². The van der Waals surface area contributed by atoms with E-state index in [1.165, 1.54) is 18.1 Å². The summed E-state index contributed by atoms with van der Waals surface area (Å²) in [6.45, 7) is 5.18. The van der Waals surface area contributed by atoms with E-state index in [9.17, 15) is 34.5 Å². The van der Waals surface area contributed by atoms with Crippen molar-refractivity contribution in [3.8, 4) is 11.5 Å². The van der Waals surface area contributed by atoms with Crippen molar-refractivity contribution in [2.75, 3.05) is 18.6 Å². The van der Waals surface area contributed by atoms with E-state index >= 15 is 0 Å². The lowest BCUT2D eigenvalue weighted by atomic mass is 10.1. The van der Waals surface area contributed by atoms with Crippen LogP contribution in [0.5, 0.6) is 11.5 Å². The fraction of sp³-hybridized carbons (Fsp3) is 0.565. The molecule has 2 saturated heterocycles. The highest BCUT2D eigenvalue weighted by Crippen LogP contribution is 2.42. The number of carbonyl (C=O) groups excluding carboxylic acids is 4. The summed E-state index contributed by atoms with van der Waals surface area (Å²) in [4.78, 5) is 54.1. The maximum atomic E-state index is 13.5. The number of nitrogens with zero attached hydrogens (tertiary/aromatic N) is 2. The minimum atomic E-state index is -2.08. The Hall–Kier alpha value is -3.26. The number of benzene rings is 1. The van der Waals surface area contributed by atoms with Crippen molar-refractivity contribution in [1.29, 1.82) is 0 Å². The molecular formula is C23H28N2O11. The van der Waals surface area contributed by atoms with Crippen LogP contribution in [0.25, 0.3) is 0 Å². The molecule has 3 heterocycles. The number of fused-ring (bicyclic) bond motifs is 2. The molecule has 36 heavy (non-hydrogen) atoms. The summed E-state index contributed by atoms with van der Waals surface area (Å²) < 4.78 is 21.6. The highest BCUT2D eigenvalue weighted by Gasteiger charge is 2.51. The quantitative estimate of drug-likeness (QED) is 0.479. The molecule has 4 rings (SSSR count). The van der Waals surface area contributed by atoms with Crippen LogP contribution in [0.3, 0.4) is 0 Å². The van der Waals surface area contributed by atoms with Gasteiger partial charge < -0.3 is 39.2 Å². The molecule has 1 aromatic rings. The van der Waals surface area contributed by atoms with Gasteiger partial charge in [0.2, 0.25) is 12.1 Å². The minimum Gasteiger partial charge on any atom is -0.504 e. The zero-order chi connectivity index (χ0) is 26.5. The number of ether oxygens (including phenoxy) is 4. The van der Waals surface area contributed by atoms with Gasteiger partial charge in [-0.3, -0.25) is 14.4 Å². The van der Waals surface area contributed by atoms with Crippen LogP contribution in [0, 0.1) is 0 Å². The van der Waals surface area contributed by atoms with Crippen LogP contribution in [0.4, 0.5) is 10.5 Å². The number of hydrogen-bond acceptors (Lipinski definition) is 11. The van der Waals surface area contributed by atoms with Gasteiger partial charge in [0.1, 0.15) is 5.60 Å². The molecule has 13 nitrogen and oxygen atoms in total. The first-order chi connectivity index (χ1) is 16.8. The van der Waals surface area contributed by atoms with Crippen LogP contribution >= 0.6 is 0 Å². The molecule has 0 radical (unpaired) electrons. The third-order valence-electron chi connectivity index (χ3n) is 6.04. The van der Waals surface area contributed by atoms with Gasteiger partial charge in [-0.2, -0.15) is 0 Å². The predicted octanol–water partition coefficient (Wildman–Crippen LogP) is 0.277. The SMILES string of the molecule is COc1cc2c(cc1O)N(C(=O)OC(C)(C)C)[C@@H](OC1OC(O)C(O)C(=O)C1=O)[C@@H]1CCCN1C2=O. The topological polar surface area (TPSA) is 172 Å². The van der Waals surface area contributed by atoms with E-state index in [0.29, 0.717) is 19.4 Å². The molecule has 3 N–H and O–H groups in total. The number of hydrogen-bond donors (Lipinski definition) is 3. The molecule has 2 amide bonds. The third-order valence-corrected chi connectivity index (χ3v) is 6.04. The van der Waals surface area contributed by atoms with E-state index in [-0.39, 0.29) is 22.7 Å². The molecule has 0 bridgehead atoms. The molecule has 0 saturated carbocycles. The van der Waals surface area contributed by atoms with Crippen molar-refractivity contribution in [2.24, 2.45) is 0 Å². The van der Waals surface area contributed by atoms with Gasteiger partial charge in [0.25, 0.3) is 11.7 Å². The molecule has 5 atom stereocenters. The van der Waals surface area contributed by atoms with Gasteiger partial charge in [0, 0.05) is 12.6 Å². The predicted molar refractivity (Wildman–Crippen MR) is 119 cm³/mol. The Morgan fingerprint density at radius 3 is 2.47 bits per heavy atom. The third kappa shape index (κ3) is 4.50. The van der Waals surface area contributed by atoms with Crippen molar-refractivity contribution in [2.45, 2.75) is 70.2 Å². The van der Waals surface area contributed by atoms with Gasteiger partial charge in [-0.05, 0) is 39.7 Å². The fourth-order valence-electron chi connectivity index (χ4n) is 4.44. The lowest BCUT2D eigenvalue weighted by Gasteiger charge is -2.39. The van der Waals surface area contributed by atoms with Crippen LogP contribution in [-0.2, 0) is 23.8 Å². The first-order valence-electron chi connectivity index (χ1n) is 11.3. The highest BCUT2D eigenvalue weighted by molar-refractivity contribution is 6.40. The number of ketones is 2. The fourth-order valence-corrected chi connectivity index (χ4v) is 4.44. The van der Waals surface area contributed by atoms with Crippen LogP contribution in [0.15, 0.2) is 12.1 Å². The largest absolute Gasteiger partial charge is 0.504 e. The standard InChI is InChI=1S/C23H28N2O11/c1-23(2,3)36-22(32)25-12-9-13(26)14(33-4)8-10(12)18(30)24-7-5-6-11(24)19(25)34-21-17(29)15(27)16(28)20(31)35-21/h8-9,11,16,19-21,26,28,31H,5-7H2,1-4H3/t11-,16?,19-,20?,21?/m0/s1. The van der Waals surface area contributed by atoms with Crippen LogP contribution in [0.2, 0.25) is 0 Å². The monoisotopic (exact) mass is 508 g/mol. The number of aliphatic hydroxyl groups excluding tert-OH is 2. The Labute approximate surface area is 206 Å². The summed E-state index contributed by atoms with van der Waals surface area (Å²) in [5.74, 6) is -3.45. The summed E-state index contributed by atoms with van der Waals surface area (Å²) in [6, 6.07) is 1.62. The Bertz CT molecular complexity index is 1100. The summed E-state index contributed by atoms with van der Waals surface area (Å²) in [5, 5.41) is 30.0. The van der Waals surface area contributed by atoms with E-state index in [4.69, 9.17) is 18.9 Å². The molecule has 1 aromatic carbocycles. The molecular weight excluding hydrogens is 480 g/mol. The first-order valence-corrected chi connectivity index (χ1v) is 11.3. The van der Waals surface area contributed by atoms with E-state index < -0.39 is 60.1 Å². The molecule has 0 aliphatic carbocycles. The minimum absolute atomic E-state index is 0.00477. The average Bonchev–Trinajstić information content (AvgIpc) is 3.25. The normalized spacial score (nSPS) is 28.5. The molecule has 3 aliphatic heterocycles. The number of amides is 2. The summed E-state index contributed by atoms with van der Waals surface area (Å²) in [6.07, 6.45) is -7.59. The van der Waals surface area contributed by atoms with Gasteiger partial charge in [0.05, 0.1) is 24.4 Å². The lowest BCUT2D eigenvalue weighted by molar-refractivity contribution is -0.269. The van der Waals surface area contributed by atoms with E-state index in [0.717, 1.165) is 11.0 Å². The van der Waals surface area contributed by atoms with Gasteiger partial charge >= 0.3 is 6.09 Å². The zero-order valence-corrected chi connectivity index (χ0v) is 20.2. The molecule has 2 fully saturated rings. The maximum absolute atomic E-state index is 13.5. The van der Waals surface area contributed by atoms with Crippen molar-refractivity contribution < 1.29 is 53.4 Å². The van der Waals surface area contributed by atoms with Crippen LogP contribution in [0.1, 0.15) is 44.0 Å². The van der Waals surface area contributed by atoms with Gasteiger partial charge in [0.15, 0.2) is 30.1 Å². The Balaban J connectivity index is 1.85. The smallest absolute Gasteiger partial charge is 0.417 e. The second-order valence-electron chi connectivity index (χ2n) is 9.66. The maximum Gasteiger partial charge on any atom is 0.417 e. The second-order valence-corrected chi connectivity index (χ2v) is 9.66. The van der Waals surface area contributed by atoms with Crippen molar-refractivity contribution >= 4 is 29.3 Å². The Morgan fingerprint density at radius 1 is 1.14 bits per heavy atom. The number of aromatic hydroxyl groups is 1. The Kier molecular flexibility index (Phi) is 6.68. The molecule has 3 unspecified atom stereocenters. The van der Waals surface area contributed by atoms with E-state index in [1.807, 2.05) is 0 Å². The van der Waals surface area contributed by atoms with Crippen LogP contribution in [-0.4, -0.2) is 94.0 Å². The zero-order valence-electron chi connectivity index (χ0n) is 20.2. The number of anilines is 1. The van der Waals surface area contributed by atoms with Crippen molar-refractivity contribution in [3.05, 3.63) is 17.7 Å². The number of carbonyl (C=O) groups is 4. The lowest BCUT2D eigenvalue weighted by Crippen LogP contribution is -2.59. The summed E-state index contributed by atoms with van der Waals surface area (Å²) in [7, 11) is 1.31. The number of methoxy groups -OCH3 is 1. The molecule has 0 spiro atoms. The van der Waals surface area contributed by atoms with Gasteiger partial charge in [-0.15, -0.1) is 0 Å². The first kappa shape index (κ1) is 25.8. The molecule has 0 aromatic heterocycles. The number of aliphatic hydroxyl groups is 2. The summed E-state index contributed by atoms with van der Waals surface area (Å²) in [5.41, 5.74) is -1.05. The number of Topliss-reactive ketones (excluding diaryl/α,β-unsaturated/α-hetero) is 2. The molecule has 196 valence electrons. The second kappa shape index (κ2) is 9.32. The van der Waals surface area contributed by atoms with Crippen molar-refractivity contribution in [1.82, 2.24) is 4.90 Å². The number of phenols is 1. The van der Waals surface area contributed by atoms with E-state index in [2.05, 4.69) is 0 Å². The molecule has 13 heteroatoms. The summed E-state index contributed by atoms with van der Waals surface area (Å²) >= 11 is 0. The average molecular weight is 508 g/mol. The number of phenolic OH excluding ortho intramolecular Hbond substituents is 1. The number of rotatable bonds is 3. The molecule has 3 aliphatic rings.